The highest BCUT2D eigenvalue weighted by Crippen LogP contribution is 2.18. The third kappa shape index (κ3) is 4.31. The van der Waals surface area contributed by atoms with E-state index in [1.165, 1.54) is 11.8 Å². The number of hydrogen-bond acceptors (Lipinski definition) is 6. The number of anilines is 1. The molecule has 0 aliphatic heterocycles. The van der Waals surface area contributed by atoms with Crippen molar-refractivity contribution in [2.45, 2.75) is 5.16 Å². The van der Waals surface area contributed by atoms with Gasteiger partial charge in [0.1, 0.15) is 24.8 Å². The molecule has 6 heteroatoms. The predicted molar refractivity (Wildman–Crippen MR) is 80.8 cm³/mol. The third-order valence-electron chi connectivity index (χ3n) is 2.47. The molecule has 0 amide bonds. The first kappa shape index (κ1) is 14.5. The van der Waals surface area contributed by atoms with E-state index in [9.17, 15) is 0 Å². The molecule has 0 unspecified atom stereocenters. The first-order chi connectivity index (χ1) is 9.81. The summed E-state index contributed by atoms with van der Waals surface area (Å²) in [4.78, 5) is 8.55. The standard InChI is InChI=1S/C14H17N3O2S/c1-15-12-10-13(17-14(16-12)20-2)19-9-8-18-11-6-4-3-5-7-11/h3-7,10H,8-9H2,1-2H3,(H,15,16,17). The number of nitrogens with one attached hydrogen (secondary N) is 1. The lowest BCUT2D eigenvalue weighted by Crippen LogP contribution is -2.10. The maximum Gasteiger partial charge on any atom is 0.219 e. The number of benzene rings is 1. The van der Waals surface area contributed by atoms with Crippen LogP contribution in [0.1, 0.15) is 0 Å². The highest BCUT2D eigenvalue weighted by Gasteiger charge is 2.04. The molecule has 0 radical (unpaired) electrons. The fraction of sp³-hybridized carbons (Fsp3) is 0.286. The van der Waals surface area contributed by atoms with Gasteiger partial charge >= 0.3 is 0 Å². The van der Waals surface area contributed by atoms with Crippen LogP contribution in [0.2, 0.25) is 0 Å². The van der Waals surface area contributed by atoms with Gasteiger partial charge in [-0.2, -0.15) is 4.98 Å². The van der Waals surface area contributed by atoms with Crippen LogP contribution in [-0.4, -0.2) is 36.5 Å². The SMILES string of the molecule is CNc1cc(OCCOc2ccccc2)nc(SC)n1. The average Bonchev–Trinajstić information content (AvgIpc) is 2.52. The number of nitrogens with zero attached hydrogens (tertiary/aromatic N) is 2. The molecule has 1 heterocycles. The van der Waals surface area contributed by atoms with Crippen LogP contribution in [0.25, 0.3) is 0 Å². The van der Waals surface area contributed by atoms with Gasteiger partial charge in [-0.3, -0.25) is 0 Å². The summed E-state index contributed by atoms with van der Waals surface area (Å²) in [5, 5.41) is 3.66. The van der Waals surface area contributed by atoms with Gasteiger partial charge in [-0.25, -0.2) is 4.98 Å². The van der Waals surface area contributed by atoms with Gasteiger partial charge in [0.2, 0.25) is 5.88 Å². The summed E-state index contributed by atoms with van der Waals surface area (Å²) in [6.07, 6.45) is 1.93. The molecule has 0 fully saturated rings. The van der Waals surface area contributed by atoms with Crippen molar-refractivity contribution in [3.63, 3.8) is 0 Å². The Balaban J connectivity index is 1.84. The second-order valence-corrected chi connectivity index (χ2v) is 4.61. The first-order valence-corrected chi connectivity index (χ1v) is 7.46. The first-order valence-electron chi connectivity index (χ1n) is 6.23. The summed E-state index contributed by atoms with van der Waals surface area (Å²) >= 11 is 1.48. The van der Waals surface area contributed by atoms with Crippen LogP contribution in [-0.2, 0) is 0 Å². The smallest absolute Gasteiger partial charge is 0.219 e. The maximum absolute atomic E-state index is 5.58. The Morgan fingerprint density at radius 2 is 1.85 bits per heavy atom. The summed E-state index contributed by atoms with van der Waals surface area (Å²) < 4.78 is 11.1. The van der Waals surface area contributed by atoms with Crippen LogP contribution in [0.3, 0.4) is 0 Å². The van der Waals surface area contributed by atoms with Gasteiger partial charge < -0.3 is 14.8 Å². The zero-order valence-electron chi connectivity index (χ0n) is 11.5. The van der Waals surface area contributed by atoms with Crippen LogP contribution < -0.4 is 14.8 Å². The molecular formula is C14H17N3O2S. The van der Waals surface area contributed by atoms with Crippen LogP contribution in [0.15, 0.2) is 41.6 Å². The average molecular weight is 291 g/mol. The molecule has 0 saturated carbocycles. The van der Waals surface area contributed by atoms with Gasteiger partial charge in [0.25, 0.3) is 0 Å². The number of aromatic nitrogens is 2. The lowest BCUT2D eigenvalue weighted by molar-refractivity contribution is 0.211. The van der Waals surface area contributed by atoms with Crippen LogP contribution in [0.5, 0.6) is 11.6 Å². The third-order valence-corrected chi connectivity index (χ3v) is 3.01. The summed E-state index contributed by atoms with van der Waals surface area (Å²) in [6.45, 7) is 0.903. The lowest BCUT2D eigenvalue weighted by atomic mass is 10.3. The number of para-hydroxylation sites is 1. The van der Waals surface area contributed by atoms with E-state index in [0.717, 1.165) is 11.6 Å². The molecule has 0 bridgehead atoms. The van der Waals surface area contributed by atoms with Crippen molar-refractivity contribution in [1.29, 1.82) is 0 Å². The summed E-state index contributed by atoms with van der Waals surface area (Å²) in [5.74, 6) is 2.12. The van der Waals surface area contributed by atoms with Crippen molar-refractivity contribution in [3.8, 4) is 11.6 Å². The van der Waals surface area contributed by atoms with E-state index in [-0.39, 0.29) is 0 Å². The Hall–Kier alpha value is -1.95. The Morgan fingerprint density at radius 1 is 1.10 bits per heavy atom. The summed E-state index contributed by atoms with van der Waals surface area (Å²) in [6, 6.07) is 11.4. The van der Waals surface area contributed by atoms with Crippen LogP contribution in [0, 0.1) is 0 Å². The highest BCUT2D eigenvalue weighted by atomic mass is 32.2. The van der Waals surface area contributed by atoms with E-state index < -0.39 is 0 Å². The molecule has 1 N–H and O–H groups in total. The largest absolute Gasteiger partial charge is 0.490 e. The maximum atomic E-state index is 5.58. The lowest BCUT2D eigenvalue weighted by Gasteiger charge is -2.09. The normalized spacial score (nSPS) is 10.1. The fourth-order valence-electron chi connectivity index (χ4n) is 1.52. The van der Waals surface area contributed by atoms with E-state index in [1.54, 1.807) is 6.07 Å². The molecule has 0 saturated heterocycles. The zero-order valence-corrected chi connectivity index (χ0v) is 12.3. The van der Waals surface area contributed by atoms with Gasteiger partial charge in [0, 0.05) is 13.1 Å². The van der Waals surface area contributed by atoms with Gasteiger partial charge in [-0.15, -0.1) is 0 Å². The Morgan fingerprint density at radius 3 is 2.55 bits per heavy atom. The van der Waals surface area contributed by atoms with Gasteiger partial charge in [0.15, 0.2) is 5.16 Å². The van der Waals surface area contributed by atoms with Gasteiger partial charge in [0.05, 0.1) is 0 Å². The van der Waals surface area contributed by atoms with Gasteiger partial charge in [-0.1, -0.05) is 30.0 Å². The minimum atomic E-state index is 0.433. The second kappa shape index (κ2) is 7.59. The molecule has 0 spiro atoms. The molecule has 2 aromatic rings. The van der Waals surface area contributed by atoms with Crippen LogP contribution in [0.4, 0.5) is 5.82 Å². The monoisotopic (exact) mass is 291 g/mol. The van der Waals surface area contributed by atoms with E-state index in [2.05, 4.69) is 15.3 Å². The van der Waals surface area contributed by atoms with Crippen molar-refractivity contribution in [3.05, 3.63) is 36.4 Å². The van der Waals surface area contributed by atoms with E-state index >= 15 is 0 Å². The molecular weight excluding hydrogens is 274 g/mol. The van der Waals surface area contributed by atoms with E-state index in [1.807, 2.05) is 43.6 Å². The topological polar surface area (TPSA) is 56.3 Å². The van der Waals surface area contributed by atoms with E-state index in [4.69, 9.17) is 9.47 Å². The molecule has 0 atom stereocenters. The predicted octanol–water partition coefficient (Wildman–Crippen LogP) is 2.70. The molecule has 106 valence electrons. The zero-order chi connectivity index (χ0) is 14.2. The van der Waals surface area contributed by atoms with Crippen molar-refractivity contribution >= 4 is 17.6 Å². The molecule has 1 aromatic heterocycles. The molecule has 20 heavy (non-hydrogen) atoms. The fourth-order valence-corrected chi connectivity index (χ4v) is 1.89. The molecule has 2 rings (SSSR count). The Kier molecular flexibility index (Phi) is 5.49. The number of ether oxygens (including phenoxy) is 2. The number of hydrogen-bond donors (Lipinski definition) is 1. The minimum absolute atomic E-state index is 0.433. The van der Waals surface area contributed by atoms with Crippen molar-refractivity contribution in [1.82, 2.24) is 9.97 Å². The molecule has 0 aliphatic carbocycles. The minimum Gasteiger partial charge on any atom is -0.490 e. The van der Waals surface area contributed by atoms with Crippen molar-refractivity contribution < 1.29 is 9.47 Å². The Labute approximate surface area is 122 Å². The molecule has 5 nitrogen and oxygen atoms in total. The van der Waals surface area contributed by atoms with Crippen molar-refractivity contribution in [2.75, 3.05) is 31.8 Å². The molecule has 0 aliphatic rings. The van der Waals surface area contributed by atoms with Crippen molar-refractivity contribution in [2.24, 2.45) is 0 Å². The summed E-state index contributed by atoms with van der Waals surface area (Å²) in [7, 11) is 1.81. The highest BCUT2D eigenvalue weighted by molar-refractivity contribution is 7.98. The second-order valence-electron chi connectivity index (χ2n) is 3.84. The van der Waals surface area contributed by atoms with Crippen LogP contribution >= 0.6 is 11.8 Å². The number of rotatable bonds is 7. The Bertz CT molecular complexity index is 515. The van der Waals surface area contributed by atoms with E-state index in [0.29, 0.717) is 24.3 Å². The number of thioether (sulfide) groups is 1. The van der Waals surface area contributed by atoms with Gasteiger partial charge in [-0.05, 0) is 18.4 Å². The molecule has 1 aromatic carbocycles. The summed E-state index contributed by atoms with van der Waals surface area (Å²) in [5.41, 5.74) is 0. The quantitative estimate of drug-likeness (QED) is 0.481.